The molecule has 2 nitrogen and oxygen atoms in total. The second kappa shape index (κ2) is 3.42. The minimum atomic E-state index is 0.558. The van der Waals surface area contributed by atoms with Crippen LogP contribution in [-0.4, -0.2) is 10.9 Å². The number of pyridine rings is 1. The standard InChI is InChI=1S/C7H9ClN2/c8-3-1-6-2-4-10-7(9)5-6/h2,4-5H,1,3H2,(H2,9,10). The predicted molar refractivity (Wildman–Crippen MR) is 43.1 cm³/mol. The number of nitrogen functional groups attached to an aromatic ring is 1. The lowest BCUT2D eigenvalue weighted by atomic mass is 10.2. The molecule has 2 N–H and O–H groups in total. The molecule has 0 aliphatic heterocycles. The highest BCUT2D eigenvalue weighted by Crippen LogP contribution is 2.03. The van der Waals surface area contributed by atoms with Crippen LogP contribution in [0.3, 0.4) is 0 Å². The van der Waals surface area contributed by atoms with Crippen molar-refractivity contribution in [2.75, 3.05) is 11.6 Å². The Balaban J connectivity index is 2.75. The fraction of sp³-hybridized carbons (Fsp3) is 0.286. The van der Waals surface area contributed by atoms with Gasteiger partial charge in [0.1, 0.15) is 5.82 Å². The molecule has 0 aromatic carbocycles. The first-order chi connectivity index (χ1) is 4.83. The summed E-state index contributed by atoms with van der Waals surface area (Å²) in [5, 5.41) is 0. The monoisotopic (exact) mass is 156 g/mol. The van der Waals surface area contributed by atoms with Gasteiger partial charge in [0.15, 0.2) is 0 Å². The van der Waals surface area contributed by atoms with Crippen molar-refractivity contribution in [1.82, 2.24) is 4.98 Å². The Morgan fingerprint density at radius 2 is 2.40 bits per heavy atom. The molecule has 1 aromatic heterocycles. The summed E-state index contributed by atoms with van der Waals surface area (Å²) in [6.07, 6.45) is 2.55. The zero-order chi connectivity index (χ0) is 7.40. The molecule has 0 amide bonds. The first kappa shape index (κ1) is 7.35. The van der Waals surface area contributed by atoms with Gasteiger partial charge >= 0.3 is 0 Å². The maximum absolute atomic E-state index is 5.53. The summed E-state index contributed by atoms with van der Waals surface area (Å²) in [7, 11) is 0. The number of anilines is 1. The zero-order valence-corrected chi connectivity index (χ0v) is 6.30. The Morgan fingerprint density at radius 1 is 1.60 bits per heavy atom. The topological polar surface area (TPSA) is 38.9 Å². The molecule has 1 aromatic rings. The Labute approximate surface area is 65.0 Å². The molecule has 0 aliphatic carbocycles. The SMILES string of the molecule is Nc1cc(CCCl)ccn1. The quantitative estimate of drug-likeness (QED) is 0.659. The molecule has 0 spiro atoms. The van der Waals surface area contributed by atoms with Gasteiger partial charge in [-0.1, -0.05) is 0 Å². The zero-order valence-electron chi connectivity index (χ0n) is 5.55. The average Bonchev–Trinajstić information content (AvgIpc) is 1.88. The lowest BCUT2D eigenvalue weighted by Gasteiger charge is -1.96. The van der Waals surface area contributed by atoms with E-state index in [-0.39, 0.29) is 0 Å². The highest BCUT2D eigenvalue weighted by molar-refractivity contribution is 6.17. The second-order valence-corrected chi connectivity index (χ2v) is 2.41. The highest BCUT2D eigenvalue weighted by Gasteiger charge is 1.91. The van der Waals surface area contributed by atoms with Crippen molar-refractivity contribution in [2.24, 2.45) is 0 Å². The van der Waals surface area contributed by atoms with Crippen molar-refractivity contribution in [3.05, 3.63) is 23.9 Å². The van der Waals surface area contributed by atoms with E-state index in [4.69, 9.17) is 17.3 Å². The predicted octanol–water partition coefficient (Wildman–Crippen LogP) is 1.45. The van der Waals surface area contributed by atoms with Crippen molar-refractivity contribution in [1.29, 1.82) is 0 Å². The third kappa shape index (κ3) is 1.88. The van der Waals surface area contributed by atoms with Crippen molar-refractivity contribution < 1.29 is 0 Å². The van der Waals surface area contributed by atoms with Gasteiger partial charge in [0.05, 0.1) is 0 Å². The highest BCUT2D eigenvalue weighted by atomic mass is 35.5. The van der Waals surface area contributed by atoms with E-state index in [1.54, 1.807) is 6.20 Å². The lowest BCUT2D eigenvalue weighted by molar-refractivity contribution is 1.13. The van der Waals surface area contributed by atoms with Gasteiger partial charge in [0, 0.05) is 12.1 Å². The van der Waals surface area contributed by atoms with Crippen LogP contribution >= 0.6 is 11.6 Å². The van der Waals surface area contributed by atoms with Gasteiger partial charge in [0.2, 0.25) is 0 Å². The first-order valence-electron chi connectivity index (χ1n) is 3.09. The number of nitrogens with zero attached hydrogens (tertiary/aromatic N) is 1. The molecule has 0 saturated heterocycles. The Hall–Kier alpha value is -0.760. The van der Waals surface area contributed by atoms with E-state index in [0.717, 1.165) is 12.0 Å². The van der Waals surface area contributed by atoms with E-state index < -0.39 is 0 Å². The summed E-state index contributed by atoms with van der Waals surface area (Å²) in [6.45, 7) is 0. The van der Waals surface area contributed by atoms with Gasteiger partial charge < -0.3 is 5.73 Å². The van der Waals surface area contributed by atoms with E-state index in [1.165, 1.54) is 0 Å². The van der Waals surface area contributed by atoms with E-state index in [0.29, 0.717) is 11.7 Å². The van der Waals surface area contributed by atoms with Crippen molar-refractivity contribution in [3.63, 3.8) is 0 Å². The number of nitrogens with two attached hydrogens (primary N) is 1. The molecular formula is C7H9ClN2. The lowest BCUT2D eigenvalue weighted by Crippen LogP contribution is -1.92. The van der Waals surface area contributed by atoms with Crippen LogP contribution in [0, 0.1) is 0 Å². The Bertz CT molecular complexity index is 213. The van der Waals surface area contributed by atoms with E-state index in [1.807, 2.05) is 12.1 Å². The summed E-state index contributed by atoms with van der Waals surface area (Å²) in [5.41, 5.74) is 6.58. The number of halogens is 1. The molecule has 0 fully saturated rings. The molecule has 0 unspecified atom stereocenters. The molecule has 0 atom stereocenters. The molecule has 0 saturated carbocycles. The smallest absolute Gasteiger partial charge is 0.123 e. The van der Waals surface area contributed by atoms with Crippen molar-refractivity contribution in [3.8, 4) is 0 Å². The van der Waals surface area contributed by atoms with Crippen LogP contribution in [0.5, 0.6) is 0 Å². The molecule has 54 valence electrons. The number of alkyl halides is 1. The molecule has 0 bridgehead atoms. The van der Waals surface area contributed by atoms with Gasteiger partial charge in [0.25, 0.3) is 0 Å². The second-order valence-electron chi connectivity index (χ2n) is 2.03. The van der Waals surface area contributed by atoms with Crippen LogP contribution in [0.15, 0.2) is 18.3 Å². The van der Waals surface area contributed by atoms with Crippen LogP contribution in [0.25, 0.3) is 0 Å². The van der Waals surface area contributed by atoms with Crippen LogP contribution < -0.4 is 5.73 Å². The van der Waals surface area contributed by atoms with Gasteiger partial charge in [-0.3, -0.25) is 0 Å². The minimum absolute atomic E-state index is 0.558. The maximum atomic E-state index is 5.53. The molecule has 0 aliphatic rings. The van der Waals surface area contributed by atoms with Gasteiger partial charge in [-0.2, -0.15) is 0 Å². The normalized spacial score (nSPS) is 9.70. The average molecular weight is 157 g/mol. The summed E-state index contributed by atoms with van der Waals surface area (Å²) in [5.74, 6) is 1.19. The number of hydrogen-bond donors (Lipinski definition) is 1. The van der Waals surface area contributed by atoms with Crippen LogP contribution in [0.4, 0.5) is 5.82 Å². The van der Waals surface area contributed by atoms with E-state index >= 15 is 0 Å². The van der Waals surface area contributed by atoms with E-state index in [9.17, 15) is 0 Å². The molecule has 1 heterocycles. The molecular weight excluding hydrogens is 148 g/mol. The summed E-state index contributed by atoms with van der Waals surface area (Å²) in [6, 6.07) is 3.75. The number of rotatable bonds is 2. The third-order valence-electron chi connectivity index (χ3n) is 1.23. The number of aromatic nitrogens is 1. The molecule has 3 heteroatoms. The fourth-order valence-corrected chi connectivity index (χ4v) is 0.977. The van der Waals surface area contributed by atoms with E-state index in [2.05, 4.69) is 4.98 Å². The van der Waals surface area contributed by atoms with Crippen molar-refractivity contribution in [2.45, 2.75) is 6.42 Å². The molecule has 0 radical (unpaired) electrons. The van der Waals surface area contributed by atoms with Gasteiger partial charge in [-0.15, -0.1) is 11.6 Å². The van der Waals surface area contributed by atoms with Gasteiger partial charge in [-0.25, -0.2) is 4.98 Å². The van der Waals surface area contributed by atoms with Crippen LogP contribution in [0.2, 0.25) is 0 Å². The fourth-order valence-electron chi connectivity index (χ4n) is 0.759. The van der Waals surface area contributed by atoms with Crippen LogP contribution in [-0.2, 0) is 6.42 Å². The largest absolute Gasteiger partial charge is 0.384 e. The van der Waals surface area contributed by atoms with Crippen LogP contribution in [0.1, 0.15) is 5.56 Å². The molecule has 1 rings (SSSR count). The first-order valence-corrected chi connectivity index (χ1v) is 3.63. The Kier molecular flexibility index (Phi) is 2.51. The number of aryl methyl sites for hydroxylation is 1. The molecule has 10 heavy (non-hydrogen) atoms. The maximum Gasteiger partial charge on any atom is 0.123 e. The van der Waals surface area contributed by atoms with Crippen molar-refractivity contribution >= 4 is 17.4 Å². The number of hydrogen-bond acceptors (Lipinski definition) is 2. The Morgan fingerprint density at radius 3 is 3.00 bits per heavy atom. The summed E-state index contributed by atoms with van der Waals surface area (Å²) in [4.78, 5) is 3.86. The van der Waals surface area contributed by atoms with Gasteiger partial charge in [-0.05, 0) is 24.1 Å². The summed E-state index contributed by atoms with van der Waals surface area (Å²) < 4.78 is 0. The summed E-state index contributed by atoms with van der Waals surface area (Å²) >= 11 is 5.53. The third-order valence-corrected chi connectivity index (χ3v) is 1.42. The minimum Gasteiger partial charge on any atom is -0.384 e.